The molecule has 129 valence electrons. The van der Waals surface area contributed by atoms with Gasteiger partial charge in [0.2, 0.25) is 0 Å². The Hall–Kier alpha value is -2.12. The molecule has 0 fully saturated rings. The number of benzene rings is 2. The van der Waals surface area contributed by atoms with Gasteiger partial charge in [-0.2, -0.15) is 26.3 Å². The summed E-state index contributed by atoms with van der Waals surface area (Å²) in [5, 5.41) is 0. The molecule has 0 nitrogen and oxygen atoms in total. The standard InChI is InChI=1S/C16H9F8/c17-13-5-1-3-11(15(19,20)21)9(13)7-8-10-12(16(22,23)24)4-2-6-14(10)18/h1-7H,8H2. The predicted molar refractivity (Wildman–Crippen MR) is 69.9 cm³/mol. The summed E-state index contributed by atoms with van der Waals surface area (Å²) >= 11 is 0. The van der Waals surface area contributed by atoms with E-state index in [2.05, 4.69) is 0 Å². The number of halogens is 8. The number of alkyl halides is 6. The van der Waals surface area contributed by atoms with Crippen LogP contribution < -0.4 is 0 Å². The zero-order valence-electron chi connectivity index (χ0n) is 11.8. The normalized spacial score (nSPS) is 12.5. The van der Waals surface area contributed by atoms with E-state index in [1.165, 1.54) is 0 Å². The zero-order chi connectivity index (χ0) is 18.1. The van der Waals surface area contributed by atoms with Gasteiger partial charge in [0.15, 0.2) is 0 Å². The summed E-state index contributed by atoms with van der Waals surface area (Å²) in [6.45, 7) is 0. The molecule has 2 aromatic carbocycles. The summed E-state index contributed by atoms with van der Waals surface area (Å²) in [4.78, 5) is 0. The average molecular weight is 353 g/mol. The van der Waals surface area contributed by atoms with Gasteiger partial charge in [0, 0.05) is 11.1 Å². The Kier molecular flexibility index (Phi) is 4.87. The van der Waals surface area contributed by atoms with Crippen LogP contribution in [0.4, 0.5) is 35.1 Å². The zero-order valence-corrected chi connectivity index (χ0v) is 11.8. The molecule has 0 bridgehead atoms. The van der Waals surface area contributed by atoms with Crippen molar-refractivity contribution in [1.29, 1.82) is 0 Å². The maximum absolute atomic E-state index is 13.7. The van der Waals surface area contributed by atoms with E-state index in [0.717, 1.165) is 24.3 Å². The maximum atomic E-state index is 13.7. The first-order valence-corrected chi connectivity index (χ1v) is 6.55. The lowest BCUT2D eigenvalue weighted by atomic mass is 9.96. The lowest BCUT2D eigenvalue weighted by Gasteiger charge is -2.16. The molecule has 0 saturated carbocycles. The summed E-state index contributed by atoms with van der Waals surface area (Å²) in [5.41, 5.74) is -4.42. The number of hydrogen-bond acceptors (Lipinski definition) is 0. The van der Waals surface area contributed by atoms with E-state index < -0.39 is 52.7 Å². The van der Waals surface area contributed by atoms with E-state index in [9.17, 15) is 35.1 Å². The number of rotatable bonds is 3. The molecule has 0 heterocycles. The van der Waals surface area contributed by atoms with Crippen LogP contribution in [0.15, 0.2) is 36.4 Å². The van der Waals surface area contributed by atoms with Crippen molar-refractivity contribution in [2.75, 3.05) is 0 Å². The van der Waals surface area contributed by atoms with E-state index in [1.54, 1.807) is 0 Å². The largest absolute Gasteiger partial charge is 0.416 e. The Bertz CT molecular complexity index is 664. The quantitative estimate of drug-likeness (QED) is 0.612. The lowest BCUT2D eigenvalue weighted by Crippen LogP contribution is -2.13. The molecular weight excluding hydrogens is 344 g/mol. The molecule has 0 spiro atoms. The minimum Gasteiger partial charge on any atom is -0.207 e. The van der Waals surface area contributed by atoms with Crippen molar-refractivity contribution in [2.24, 2.45) is 0 Å². The SMILES string of the molecule is Fc1cccc(C(F)(F)F)c1[CH]Cc1c(F)cccc1C(F)(F)F. The molecule has 0 unspecified atom stereocenters. The highest BCUT2D eigenvalue weighted by Crippen LogP contribution is 2.36. The molecule has 0 aliphatic carbocycles. The first-order valence-electron chi connectivity index (χ1n) is 6.55. The van der Waals surface area contributed by atoms with Crippen molar-refractivity contribution in [1.82, 2.24) is 0 Å². The Labute approximate surface area is 131 Å². The second-order valence-electron chi connectivity index (χ2n) is 4.87. The van der Waals surface area contributed by atoms with Crippen LogP contribution in [0.1, 0.15) is 22.3 Å². The van der Waals surface area contributed by atoms with Crippen LogP contribution in [0.2, 0.25) is 0 Å². The smallest absolute Gasteiger partial charge is 0.207 e. The minimum absolute atomic E-state index is 0.598. The summed E-state index contributed by atoms with van der Waals surface area (Å²) in [5.74, 6) is -2.49. The molecule has 2 rings (SSSR count). The van der Waals surface area contributed by atoms with Gasteiger partial charge in [-0.1, -0.05) is 12.1 Å². The van der Waals surface area contributed by atoms with Crippen LogP contribution in [0.3, 0.4) is 0 Å². The van der Waals surface area contributed by atoms with Gasteiger partial charge in [-0.15, -0.1) is 0 Å². The highest BCUT2D eigenvalue weighted by atomic mass is 19.4. The molecule has 0 atom stereocenters. The molecule has 8 heteroatoms. The van der Waals surface area contributed by atoms with Crippen molar-refractivity contribution in [3.05, 3.63) is 76.7 Å². The van der Waals surface area contributed by atoms with Crippen LogP contribution in [0.25, 0.3) is 0 Å². The van der Waals surface area contributed by atoms with Gasteiger partial charge in [-0.05, 0) is 37.1 Å². The van der Waals surface area contributed by atoms with E-state index >= 15 is 0 Å². The van der Waals surface area contributed by atoms with Crippen molar-refractivity contribution in [3.8, 4) is 0 Å². The highest BCUT2D eigenvalue weighted by Gasteiger charge is 2.36. The second-order valence-corrected chi connectivity index (χ2v) is 4.87. The average Bonchev–Trinajstić information content (AvgIpc) is 2.44. The summed E-state index contributed by atoms with van der Waals surface area (Å²) in [7, 11) is 0. The van der Waals surface area contributed by atoms with Gasteiger partial charge in [-0.3, -0.25) is 0 Å². The topological polar surface area (TPSA) is 0 Å². The Morgan fingerprint density at radius 2 is 1.21 bits per heavy atom. The van der Waals surface area contributed by atoms with Crippen LogP contribution in [0, 0.1) is 18.1 Å². The number of hydrogen-bond donors (Lipinski definition) is 0. The first-order chi connectivity index (χ1) is 11.0. The van der Waals surface area contributed by atoms with E-state index in [4.69, 9.17) is 0 Å². The third-order valence-electron chi connectivity index (χ3n) is 3.29. The fraction of sp³-hybridized carbons (Fsp3) is 0.188. The Morgan fingerprint density at radius 1 is 0.708 bits per heavy atom. The fourth-order valence-electron chi connectivity index (χ4n) is 2.23. The van der Waals surface area contributed by atoms with Gasteiger partial charge in [-0.25, -0.2) is 8.78 Å². The summed E-state index contributed by atoms with van der Waals surface area (Å²) in [6, 6.07) is 4.38. The molecule has 0 saturated heterocycles. The second kappa shape index (κ2) is 6.41. The summed E-state index contributed by atoms with van der Waals surface area (Å²) in [6.07, 6.45) is -10.0. The Morgan fingerprint density at radius 3 is 1.75 bits per heavy atom. The minimum atomic E-state index is -4.89. The third-order valence-corrected chi connectivity index (χ3v) is 3.29. The van der Waals surface area contributed by atoms with E-state index in [1.807, 2.05) is 0 Å². The Balaban J connectivity index is 2.41. The fourth-order valence-corrected chi connectivity index (χ4v) is 2.23. The van der Waals surface area contributed by atoms with Crippen molar-refractivity contribution < 1.29 is 35.1 Å². The van der Waals surface area contributed by atoms with Crippen LogP contribution in [-0.4, -0.2) is 0 Å². The molecule has 0 amide bonds. The summed E-state index contributed by atoms with van der Waals surface area (Å²) < 4.78 is 105. The van der Waals surface area contributed by atoms with Gasteiger partial charge < -0.3 is 0 Å². The molecule has 2 aromatic rings. The van der Waals surface area contributed by atoms with E-state index in [-0.39, 0.29) is 0 Å². The van der Waals surface area contributed by atoms with Crippen LogP contribution in [-0.2, 0) is 18.8 Å². The van der Waals surface area contributed by atoms with Gasteiger partial charge >= 0.3 is 12.4 Å². The molecule has 0 N–H and O–H groups in total. The van der Waals surface area contributed by atoms with Gasteiger partial charge in [0.05, 0.1) is 11.1 Å². The highest BCUT2D eigenvalue weighted by molar-refractivity contribution is 5.40. The van der Waals surface area contributed by atoms with Gasteiger partial charge in [0.25, 0.3) is 0 Å². The third kappa shape index (κ3) is 3.85. The molecular formula is C16H9F8. The predicted octanol–water partition coefficient (Wildman–Crippen LogP) is 5.80. The van der Waals surface area contributed by atoms with E-state index in [0.29, 0.717) is 18.6 Å². The first kappa shape index (κ1) is 18.2. The molecule has 1 radical (unpaired) electrons. The lowest BCUT2D eigenvalue weighted by molar-refractivity contribution is -0.139. The van der Waals surface area contributed by atoms with Crippen molar-refractivity contribution in [3.63, 3.8) is 0 Å². The molecule has 0 aromatic heterocycles. The molecule has 0 aliphatic heterocycles. The van der Waals surface area contributed by atoms with Crippen molar-refractivity contribution in [2.45, 2.75) is 18.8 Å². The molecule has 0 aliphatic rings. The van der Waals surface area contributed by atoms with Gasteiger partial charge in [0.1, 0.15) is 11.6 Å². The molecule has 24 heavy (non-hydrogen) atoms. The van der Waals surface area contributed by atoms with Crippen LogP contribution in [0.5, 0.6) is 0 Å². The van der Waals surface area contributed by atoms with Crippen LogP contribution >= 0.6 is 0 Å². The maximum Gasteiger partial charge on any atom is 0.416 e. The monoisotopic (exact) mass is 353 g/mol. The van der Waals surface area contributed by atoms with Crippen molar-refractivity contribution >= 4 is 0 Å².